The molecule has 2 N–H and O–H groups in total. The molecule has 0 aromatic carbocycles. The highest BCUT2D eigenvalue weighted by molar-refractivity contribution is 4.85. The predicted molar refractivity (Wildman–Crippen MR) is 79.3 cm³/mol. The third kappa shape index (κ3) is 9.64. The molecule has 0 aromatic rings. The van der Waals surface area contributed by atoms with Crippen LogP contribution in [0, 0.1) is 5.41 Å². The number of hydrogen-bond acceptors (Lipinski definition) is 1. The van der Waals surface area contributed by atoms with Crippen molar-refractivity contribution in [2.45, 2.75) is 97.9 Å². The van der Waals surface area contributed by atoms with Crippen LogP contribution in [-0.2, 0) is 0 Å². The lowest BCUT2D eigenvalue weighted by Crippen LogP contribution is -2.40. The smallest absolute Gasteiger partial charge is 0.0154 e. The Morgan fingerprint density at radius 1 is 0.706 bits per heavy atom. The van der Waals surface area contributed by atoms with Crippen molar-refractivity contribution < 1.29 is 0 Å². The Balaban J connectivity index is 4.17. The summed E-state index contributed by atoms with van der Waals surface area (Å²) >= 11 is 0. The molecule has 0 fully saturated rings. The predicted octanol–water partition coefficient (Wildman–Crippen LogP) is 5.28. The summed E-state index contributed by atoms with van der Waals surface area (Å²) in [7, 11) is 0. The molecule has 0 amide bonds. The molecule has 0 spiro atoms. The molecular weight excluding hydrogens is 206 g/mol. The van der Waals surface area contributed by atoms with E-state index in [1.165, 1.54) is 57.8 Å². The highest BCUT2D eigenvalue weighted by atomic mass is 14.7. The Morgan fingerprint density at radius 3 is 1.71 bits per heavy atom. The molecule has 1 unspecified atom stereocenters. The maximum atomic E-state index is 6.63. The fourth-order valence-electron chi connectivity index (χ4n) is 2.25. The molecule has 17 heavy (non-hydrogen) atoms. The molecule has 104 valence electrons. The first-order valence-corrected chi connectivity index (χ1v) is 7.62. The molecule has 0 aliphatic rings. The van der Waals surface area contributed by atoms with Crippen molar-refractivity contribution in [3.8, 4) is 0 Å². The van der Waals surface area contributed by atoms with E-state index in [4.69, 9.17) is 5.73 Å². The van der Waals surface area contributed by atoms with E-state index < -0.39 is 0 Å². The van der Waals surface area contributed by atoms with Gasteiger partial charge in [0.2, 0.25) is 0 Å². The summed E-state index contributed by atoms with van der Waals surface area (Å²) in [5, 5.41) is 0. The molecule has 0 aliphatic heterocycles. The third-order valence-electron chi connectivity index (χ3n) is 3.68. The Labute approximate surface area is 110 Å². The number of nitrogens with two attached hydrogens (primary N) is 1. The molecule has 0 bridgehead atoms. The van der Waals surface area contributed by atoms with Crippen LogP contribution in [0.4, 0.5) is 0 Å². The first-order chi connectivity index (χ1) is 7.83. The van der Waals surface area contributed by atoms with Crippen LogP contribution in [0.1, 0.15) is 92.4 Å². The summed E-state index contributed by atoms with van der Waals surface area (Å²) in [6, 6.07) is 0. The lowest BCUT2D eigenvalue weighted by molar-refractivity contribution is 0.257. The van der Waals surface area contributed by atoms with Crippen LogP contribution in [0.5, 0.6) is 0 Å². The topological polar surface area (TPSA) is 26.0 Å². The van der Waals surface area contributed by atoms with E-state index in [1.807, 2.05) is 0 Å². The van der Waals surface area contributed by atoms with Crippen molar-refractivity contribution in [1.82, 2.24) is 0 Å². The quantitative estimate of drug-likeness (QED) is 0.546. The molecule has 0 radical (unpaired) electrons. The van der Waals surface area contributed by atoms with Gasteiger partial charge in [0.15, 0.2) is 0 Å². The van der Waals surface area contributed by atoms with Gasteiger partial charge in [0, 0.05) is 5.54 Å². The van der Waals surface area contributed by atoms with E-state index in [0.29, 0.717) is 5.41 Å². The normalized spacial score (nSPS) is 15.9. The van der Waals surface area contributed by atoms with Gasteiger partial charge in [-0.2, -0.15) is 0 Å². The number of unbranched alkanes of at least 4 members (excludes halogenated alkanes) is 3. The van der Waals surface area contributed by atoms with Crippen molar-refractivity contribution >= 4 is 0 Å². The lowest BCUT2D eigenvalue weighted by Gasteiger charge is -2.33. The minimum atomic E-state index is 0.110. The van der Waals surface area contributed by atoms with Gasteiger partial charge in [-0.3, -0.25) is 0 Å². The van der Waals surface area contributed by atoms with Crippen LogP contribution in [-0.4, -0.2) is 5.54 Å². The maximum Gasteiger partial charge on any atom is 0.0154 e. The minimum Gasteiger partial charge on any atom is -0.325 e. The van der Waals surface area contributed by atoms with Crippen molar-refractivity contribution in [2.75, 3.05) is 0 Å². The van der Waals surface area contributed by atoms with Crippen molar-refractivity contribution in [2.24, 2.45) is 11.1 Å². The van der Waals surface area contributed by atoms with Crippen LogP contribution in [0.25, 0.3) is 0 Å². The molecule has 0 saturated carbocycles. The number of hydrogen-bond donors (Lipinski definition) is 1. The Morgan fingerprint density at radius 2 is 1.24 bits per heavy atom. The zero-order valence-corrected chi connectivity index (χ0v) is 12.9. The van der Waals surface area contributed by atoms with E-state index in [-0.39, 0.29) is 5.54 Å². The average Bonchev–Trinajstić information content (AvgIpc) is 2.24. The first kappa shape index (κ1) is 17.0. The van der Waals surface area contributed by atoms with Crippen LogP contribution < -0.4 is 5.73 Å². The van der Waals surface area contributed by atoms with E-state index >= 15 is 0 Å². The second kappa shape index (κ2) is 8.13. The van der Waals surface area contributed by atoms with Gasteiger partial charge >= 0.3 is 0 Å². The molecule has 0 aliphatic carbocycles. The zero-order chi connectivity index (χ0) is 13.4. The van der Waals surface area contributed by atoms with Gasteiger partial charge in [0.25, 0.3) is 0 Å². The van der Waals surface area contributed by atoms with E-state index in [2.05, 4.69) is 34.6 Å². The molecule has 1 heteroatoms. The van der Waals surface area contributed by atoms with Gasteiger partial charge < -0.3 is 5.73 Å². The molecule has 1 atom stereocenters. The fourth-order valence-corrected chi connectivity index (χ4v) is 2.25. The molecule has 0 rings (SSSR count). The van der Waals surface area contributed by atoms with Gasteiger partial charge in [0.05, 0.1) is 0 Å². The summed E-state index contributed by atoms with van der Waals surface area (Å²) in [5.74, 6) is 0. The van der Waals surface area contributed by atoms with Gasteiger partial charge in [0.1, 0.15) is 0 Å². The maximum absolute atomic E-state index is 6.63. The second-order valence-corrected chi connectivity index (χ2v) is 6.98. The highest BCUT2D eigenvalue weighted by Gasteiger charge is 2.25. The largest absolute Gasteiger partial charge is 0.325 e. The van der Waals surface area contributed by atoms with Gasteiger partial charge in [-0.05, 0) is 31.1 Å². The first-order valence-electron chi connectivity index (χ1n) is 7.62. The summed E-state index contributed by atoms with van der Waals surface area (Å²) in [6.45, 7) is 11.5. The minimum absolute atomic E-state index is 0.110. The number of rotatable bonds is 9. The van der Waals surface area contributed by atoms with Crippen molar-refractivity contribution in [1.29, 1.82) is 0 Å². The average molecular weight is 241 g/mol. The molecule has 0 aromatic heterocycles. The lowest BCUT2D eigenvalue weighted by atomic mass is 9.78. The highest BCUT2D eigenvalue weighted by Crippen LogP contribution is 2.30. The van der Waals surface area contributed by atoms with Crippen LogP contribution >= 0.6 is 0 Å². The van der Waals surface area contributed by atoms with Gasteiger partial charge in [-0.25, -0.2) is 0 Å². The molecular formula is C16H35N. The van der Waals surface area contributed by atoms with Gasteiger partial charge in [-0.1, -0.05) is 66.7 Å². The zero-order valence-electron chi connectivity index (χ0n) is 12.9. The molecule has 0 heterocycles. The summed E-state index contributed by atoms with van der Waals surface area (Å²) in [4.78, 5) is 0. The van der Waals surface area contributed by atoms with Crippen LogP contribution in [0.2, 0.25) is 0 Å². The van der Waals surface area contributed by atoms with Gasteiger partial charge in [-0.15, -0.1) is 0 Å². The Hall–Kier alpha value is -0.0400. The summed E-state index contributed by atoms with van der Waals surface area (Å²) in [6.07, 6.45) is 11.4. The molecule has 0 saturated heterocycles. The van der Waals surface area contributed by atoms with Crippen molar-refractivity contribution in [3.63, 3.8) is 0 Å². The SMILES string of the molecule is CCCCCC(N)(CCCC)CCC(C)(C)C. The second-order valence-electron chi connectivity index (χ2n) is 6.98. The Bertz CT molecular complexity index is 180. The summed E-state index contributed by atoms with van der Waals surface area (Å²) in [5.41, 5.74) is 7.16. The third-order valence-corrected chi connectivity index (χ3v) is 3.68. The van der Waals surface area contributed by atoms with E-state index in [9.17, 15) is 0 Å². The van der Waals surface area contributed by atoms with E-state index in [1.54, 1.807) is 0 Å². The Kier molecular flexibility index (Phi) is 8.11. The van der Waals surface area contributed by atoms with Crippen LogP contribution in [0.3, 0.4) is 0 Å². The summed E-state index contributed by atoms with van der Waals surface area (Å²) < 4.78 is 0. The standard InChI is InChI=1S/C16H35N/c1-6-8-10-12-16(17,11-9-7-2)14-13-15(3,4)5/h6-14,17H2,1-5H3. The van der Waals surface area contributed by atoms with Crippen molar-refractivity contribution in [3.05, 3.63) is 0 Å². The monoisotopic (exact) mass is 241 g/mol. The fraction of sp³-hybridized carbons (Fsp3) is 1.00. The molecule has 1 nitrogen and oxygen atoms in total. The van der Waals surface area contributed by atoms with E-state index in [0.717, 1.165) is 0 Å². The van der Waals surface area contributed by atoms with Crippen LogP contribution in [0.15, 0.2) is 0 Å².